The second-order valence-corrected chi connectivity index (χ2v) is 9.44. The van der Waals surface area contributed by atoms with Crippen molar-refractivity contribution in [2.24, 2.45) is 17.6 Å². The number of para-hydroxylation sites is 1. The lowest BCUT2D eigenvalue weighted by Crippen LogP contribution is -2.51. The van der Waals surface area contributed by atoms with Crippen LogP contribution in [0.4, 0.5) is 10.1 Å². The first-order valence-electron chi connectivity index (χ1n) is 10.7. The van der Waals surface area contributed by atoms with Crippen LogP contribution in [-0.2, 0) is 11.2 Å². The number of anilines is 1. The van der Waals surface area contributed by atoms with E-state index in [1.54, 1.807) is 18.2 Å². The Balaban J connectivity index is 1.66. The molecule has 168 valence electrons. The highest BCUT2D eigenvalue weighted by Gasteiger charge is 2.28. The van der Waals surface area contributed by atoms with Crippen molar-refractivity contribution in [1.82, 2.24) is 4.90 Å². The maximum Gasteiger partial charge on any atom is 0.225 e. The zero-order valence-corrected chi connectivity index (χ0v) is 19.8. The molecule has 31 heavy (non-hydrogen) atoms. The van der Waals surface area contributed by atoms with Gasteiger partial charge in [0, 0.05) is 48.2 Å². The van der Waals surface area contributed by atoms with Crippen LogP contribution in [0.1, 0.15) is 37.9 Å². The minimum absolute atomic E-state index is 0.0818. The Bertz CT molecular complexity index is 929. The van der Waals surface area contributed by atoms with E-state index in [1.807, 2.05) is 42.7 Å². The molecule has 1 aliphatic rings. The first-order valence-corrected chi connectivity index (χ1v) is 11.5. The summed E-state index contributed by atoms with van der Waals surface area (Å²) in [6.45, 7) is 8.20. The Kier molecular flexibility index (Phi) is 7.84. The summed E-state index contributed by atoms with van der Waals surface area (Å²) in [4.78, 5) is 16.9. The highest BCUT2D eigenvalue weighted by molar-refractivity contribution is 6.35. The lowest BCUT2D eigenvalue weighted by Gasteiger charge is -2.38. The van der Waals surface area contributed by atoms with E-state index in [2.05, 4.69) is 0 Å². The first-order chi connectivity index (χ1) is 14.7. The summed E-state index contributed by atoms with van der Waals surface area (Å²) in [5.74, 6) is -0.190. The van der Waals surface area contributed by atoms with Gasteiger partial charge in [0.15, 0.2) is 0 Å². The molecule has 0 aromatic heterocycles. The van der Waals surface area contributed by atoms with E-state index < -0.39 is 0 Å². The summed E-state index contributed by atoms with van der Waals surface area (Å²) in [7, 11) is 0. The van der Waals surface area contributed by atoms with E-state index in [9.17, 15) is 9.18 Å². The van der Waals surface area contributed by atoms with Crippen molar-refractivity contribution in [2.75, 3.05) is 31.1 Å². The van der Waals surface area contributed by atoms with Gasteiger partial charge in [-0.3, -0.25) is 4.79 Å². The topological polar surface area (TPSA) is 49.6 Å². The van der Waals surface area contributed by atoms with Crippen molar-refractivity contribution < 1.29 is 9.18 Å². The fraction of sp³-hybridized carbons (Fsp3) is 0.458. The number of amides is 1. The van der Waals surface area contributed by atoms with Gasteiger partial charge in [-0.25, -0.2) is 4.39 Å². The third-order valence-corrected chi connectivity index (χ3v) is 6.55. The molecule has 1 saturated heterocycles. The Morgan fingerprint density at radius 2 is 1.77 bits per heavy atom. The molecule has 1 amide bonds. The maximum absolute atomic E-state index is 14.8. The molecule has 1 fully saturated rings. The highest BCUT2D eigenvalue weighted by Crippen LogP contribution is 2.32. The van der Waals surface area contributed by atoms with Gasteiger partial charge in [0.05, 0.1) is 5.69 Å². The molecular formula is C24H30Cl2FN3O. The third-order valence-electron chi connectivity index (χ3n) is 5.97. The standard InChI is InChI=1S/C24H30Cl2FN3O/c1-15(2)22(28)19-5-4-6-21(27)23(19)29-9-11-30(12-10-29)24(31)16(3)13-17-7-8-18(25)14-20(17)26/h4-8,14-16,22H,9-13,28H2,1-3H3/t16-,22+/m1/s1. The molecule has 2 aromatic carbocycles. The van der Waals surface area contributed by atoms with Gasteiger partial charge in [0.25, 0.3) is 0 Å². The molecule has 1 aliphatic heterocycles. The lowest BCUT2D eigenvalue weighted by atomic mass is 9.94. The van der Waals surface area contributed by atoms with E-state index in [1.165, 1.54) is 6.07 Å². The van der Waals surface area contributed by atoms with Gasteiger partial charge in [0.2, 0.25) is 5.91 Å². The van der Waals surface area contributed by atoms with Crippen molar-refractivity contribution in [1.29, 1.82) is 0 Å². The Hall–Kier alpha value is -1.82. The lowest BCUT2D eigenvalue weighted by molar-refractivity contribution is -0.135. The smallest absolute Gasteiger partial charge is 0.225 e. The molecule has 0 aliphatic carbocycles. The molecule has 0 unspecified atom stereocenters. The van der Waals surface area contributed by atoms with Gasteiger partial charge < -0.3 is 15.5 Å². The summed E-state index contributed by atoms with van der Waals surface area (Å²) in [5, 5.41) is 1.15. The summed E-state index contributed by atoms with van der Waals surface area (Å²) >= 11 is 12.2. The molecule has 0 bridgehead atoms. The number of rotatable bonds is 6. The minimum Gasteiger partial charge on any atom is -0.365 e. The van der Waals surface area contributed by atoms with Crippen molar-refractivity contribution >= 4 is 34.8 Å². The number of piperazine rings is 1. The monoisotopic (exact) mass is 465 g/mol. The Labute approximate surface area is 194 Å². The van der Waals surface area contributed by atoms with Crippen LogP contribution in [0.15, 0.2) is 36.4 Å². The molecule has 0 radical (unpaired) electrons. The fourth-order valence-electron chi connectivity index (χ4n) is 4.06. The number of hydrogen-bond acceptors (Lipinski definition) is 3. The molecule has 0 saturated carbocycles. The van der Waals surface area contributed by atoms with Crippen molar-refractivity contribution in [3.8, 4) is 0 Å². The molecule has 2 N–H and O–H groups in total. The molecule has 3 rings (SSSR count). The predicted molar refractivity (Wildman–Crippen MR) is 126 cm³/mol. The van der Waals surface area contributed by atoms with Gasteiger partial charge in [-0.05, 0) is 41.7 Å². The molecule has 2 atom stereocenters. The van der Waals surface area contributed by atoms with E-state index in [-0.39, 0.29) is 29.6 Å². The summed E-state index contributed by atoms with van der Waals surface area (Å²) in [6.07, 6.45) is 0.551. The Morgan fingerprint density at radius 3 is 2.39 bits per heavy atom. The molecule has 2 aromatic rings. The minimum atomic E-state index is -0.265. The van der Waals surface area contributed by atoms with Crippen LogP contribution in [0, 0.1) is 17.7 Å². The van der Waals surface area contributed by atoms with Crippen molar-refractivity contribution in [3.05, 3.63) is 63.4 Å². The van der Waals surface area contributed by atoms with E-state index in [0.29, 0.717) is 48.3 Å². The average molecular weight is 466 g/mol. The quantitative estimate of drug-likeness (QED) is 0.627. The number of nitrogens with zero attached hydrogens (tertiary/aromatic N) is 2. The van der Waals surface area contributed by atoms with E-state index >= 15 is 0 Å². The van der Waals surface area contributed by atoms with Gasteiger partial charge in [-0.1, -0.05) is 62.2 Å². The van der Waals surface area contributed by atoms with Crippen molar-refractivity contribution in [3.63, 3.8) is 0 Å². The zero-order valence-electron chi connectivity index (χ0n) is 18.2. The number of hydrogen-bond donors (Lipinski definition) is 1. The SMILES string of the molecule is CC(C)[C@H](N)c1cccc(F)c1N1CCN(C(=O)[C@H](C)Cc2ccc(Cl)cc2Cl)CC1. The molecule has 7 heteroatoms. The van der Waals surface area contributed by atoms with Gasteiger partial charge in [-0.2, -0.15) is 0 Å². The number of benzene rings is 2. The first kappa shape index (κ1) is 23.8. The summed E-state index contributed by atoms with van der Waals surface area (Å²) in [6, 6.07) is 10.2. The van der Waals surface area contributed by atoms with Crippen LogP contribution in [0.3, 0.4) is 0 Å². The maximum atomic E-state index is 14.8. The van der Waals surface area contributed by atoms with Crippen LogP contribution in [0.2, 0.25) is 10.0 Å². The normalized spacial score (nSPS) is 16.5. The van der Waals surface area contributed by atoms with Crippen LogP contribution in [-0.4, -0.2) is 37.0 Å². The summed E-state index contributed by atoms with van der Waals surface area (Å²) < 4.78 is 14.8. The van der Waals surface area contributed by atoms with Gasteiger partial charge in [-0.15, -0.1) is 0 Å². The van der Waals surface area contributed by atoms with E-state index in [0.717, 1.165) is 11.1 Å². The number of carbonyl (C=O) groups is 1. The predicted octanol–water partition coefficient (Wildman–Crippen LogP) is 5.32. The molecule has 4 nitrogen and oxygen atoms in total. The highest BCUT2D eigenvalue weighted by atomic mass is 35.5. The second kappa shape index (κ2) is 10.2. The largest absolute Gasteiger partial charge is 0.365 e. The van der Waals surface area contributed by atoms with E-state index in [4.69, 9.17) is 28.9 Å². The van der Waals surface area contributed by atoms with Gasteiger partial charge in [0.1, 0.15) is 5.82 Å². The summed E-state index contributed by atoms with van der Waals surface area (Å²) in [5.41, 5.74) is 8.64. The molecule has 1 heterocycles. The molecule has 0 spiro atoms. The van der Waals surface area contributed by atoms with Crippen LogP contribution >= 0.6 is 23.2 Å². The second-order valence-electron chi connectivity index (χ2n) is 8.60. The number of halogens is 3. The molecular weight excluding hydrogens is 436 g/mol. The van der Waals surface area contributed by atoms with Crippen LogP contribution in [0.25, 0.3) is 0 Å². The number of carbonyl (C=O) groups excluding carboxylic acids is 1. The van der Waals surface area contributed by atoms with Crippen LogP contribution in [0.5, 0.6) is 0 Å². The number of nitrogens with two attached hydrogens (primary N) is 1. The zero-order chi connectivity index (χ0) is 22.7. The fourth-order valence-corrected chi connectivity index (χ4v) is 4.55. The Morgan fingerprint density at radius 1 is 1.10 bits per heavy atom. The average Bonchev–Trinajstić information content (AvgIpc) is 2.74. The van der Waals surface area contributed by atoms with Crippen molar-refractivity contribution in [2.45, 2.75) is 33.2 Å². The third kappa shape index (κ3) is 5.51. The van der Waals surface area contributed by atoms with Crippen LogP contribution < -0.4 is 10.6 Å². The van der Waals surface area contributed by atoms with Gasteiger partial charge >= 0.3 is 0 Å².